The zero-order chi connectivity index (χ0) is 18.0. The maximum Gasteiger partial charge on any atom is 0.331 e. The smallest absolute Gasteiger partial charge is 0.331 e. The second-order valence-corrected chi connectivity index (χ2v) is 5.61. The van der Waals surface area contributed by atoms with Gasteiger partial charge >= 0.3 is 5.69 Å². The zero-order valence-electron chi connectivity index (χ0n) is 14.4. The molecule has 0 N–H and O–H groups in total. The fraction of sp³-hybridized carbons (Fsp3) is 0.278. The van der Waals surface area contributed by atoms with Crippen molar-refractivity contribution in [2.45, 2.75) is 13.0 Å². The molecule has 0 radical (unpaired) electrons. The topological polar surface area (TPSA) is 75.4 Å². The molecule has 0 bridgehead atoms. The zero-order valence-corrected chi connectivity index (χ0v) is 14.4. The first kappa shape index (κ1) is 16.8. The number of benzene rings is 1. The number of pyridine rings is 1. The molecule has 2 heterocycles. The fourth-order valence-corrected chi connectivity index (χ4v) is 2.81. The molecule has 0 aliphatic heterocycles. The van der Waals surface area contributed by atoms with E-state index in [4.69, 9.17) is 9.47 Å². The Labute approximate surface area is 144 Å². The molecule has 2 aromatic heterocycles. The lowest BCUT2D eigenvalue weighted by molar-refractivity contribution is 0.354. The summed E-state index contributed by atoms with van der Waals surface area (Å²) in [4.78, 5) is 29.2. The summed E-state index contributed by atoms with van der Waals surface area (Å²) < 4.78 is 13.2. The number of hydrogen-bond donors (Lipinski definition) is 0. The third-order valence-electron chi connectivity index (χ3n) is 4.19. The van der Waals surface area contributed by atoms with Gasteiger partial charge in [0.25, 0.3) is 5.56 Å². The first-order valence-corrected chi connectivity index (χ1v) is 7.82. The molecule has 0 aliphatic carbocycles. The number of rotatable bonds is 5. The molecule has 0 saturated heterocycles. The standard InChI is InChI=1S/C18H19N3O4/c1-20-13-5-4-9-19-16(13)17(22)21(18(20)23)10-8-12-6-7-14(24-2)15(11-12)25-3/h4-7,9,11H,8,10H2,1-3H3. The lowest BCUT2D eigenvalue weighted by Crippen LogP contribution is -2.39. The van der Waals surface area contributed by atoms with Gasteiger partial charge in [-0.2, -0.15) is 0 Å². The van der Waals surface area contributed by atoms with Crippen LogP contribution in [0.25, 0.3) is 11.0 Å². The second-order valence-electron chi connectivity index (χ2n) is 5.61. The highest BCUT2D eigenvalue weighted by atomic mass is 16.5. The Hall–Kier alpha value is -3.09. The molecule has 3 rings (SSSR count). The Bertz CT molecular complexity index is 1040. The van der Waals surface area contributed by atoms with E-state index in [-0.39, 0.29) is 23.3 Å². The number of methoxy groups -OCH3 is 2. The Morgan fingerprint density at radius 2 is 1.84 bits per heavy atom. The van der Waals surface area contributed by atoms with Crippen molar-refractivity contribution in [3.63, 3.8) is 0 Å². The fourth-order valence-electron chi connectivity index (χ4n) is 2.81. The van der Waals surface area contributed by atoms with E-state index in [9.17, 15) is 9.59 Å². The van der Waals surface area contributed by atoms with Gasteiger partial charge in [0, 0.05) is 19.8 Å². The average molecular weight is 341 g/mol. The van der Waals surface area contributed by atoms with E-state index in [1.54, 1.807) is 45.7 Å². The minimum Gasteiger partial charge on any atom is -0.493 e. The van der Waals surface area contributed by atoms with Gasteiger partial charge in [0.05, 0.1) is 19.7 Å². The van der Waals surface area contributed by atoms with Crippen LogP contribution < -0.4 is 20.7 Å². The molecule has 130 valence electrons. The number of fused-ring (bicyclic) bond motifs is 1. The van der Waals surface area contributed by atoms with Crippen molar-refractivity contribution in [2.24, 2.45) is 7.05 Å². The molecule has 0 fully saturated rings. The van der Waals surface area contributed by atoms with E-state index in [0.717, 1.165) is 5.56 Å². The Morgan fingerprint density at radius 3 is 2.56 bits per heavy atom. The van der Waals surface area contributed by atoms with Gasteiger partial charge in [-0.15, -0.1) is 0 Å². The van der Waals surface area contributed by atoms with Gasteiger partial charge in [0.2, 0.25) is 0 Å². The summed E-state index contributed by atoms with van der Waals surface area (Å²) in [7, 11) is 4.78. The van der Waals surface area contributed by atoms with Crippen LogP contribution in [-0.2, 0) is 20.0 Å². The first-order chi connectivity index (χ1) is 12.1. The molecular formula is C18H19N3O4. The van der Waals surface area contributed by atoms with Crippen LogP contribution >= 0.6 is 0 Å². The number of aryl methyl sites for hydroxylation is 2. The van der Waals surface area contributed by atoms with Crippen LogP contribution in [0.5, 0.6) is 11.5 Å². The van der Waals surface area contributed by atoms with Gasteiger partial charge in [-0.05, 0) is 36.2 Å². The molecule has 0 amide bonds. The van der Waals surface area contributed by atoms with Gasteiger partial charge in [0.1, 0.15) is 0 Å². The second kappa shape index (κ2) is 6.80. The maximum absolute atomic E-state index is 12.6. The Balaban J connectivity index is 1.97. The number of hydrogen-bond acceptors (Lipinski definition) is 5. The number of ether oxygens (including phenoxy) is 2. The first-order valence-electron chi connectivity index (χ1n) is 7.82. The van der Waals surface area contributed by atoms with Gasteiger partial charge < -0.3 is 9.47 Å². The molecule has 0 spiro atoms. The molecule has 0 atom stereocenters. The maximum atomic E-state index is 12.6. The van der Waals surface area contributed by atoms with Crippen molar-refractivity contribution in [3.05, 3.63) is 62.9 Å². The molecule has 3 aromatic rings. The van der Waals surface area contributed by atoms with E-state index < -0.39 is 0 Å². The highest BCUT2D eigenvalue weighted by Crippen LogP contribution is 2.27. The SMILES string of the molecule is COc1ccc(CCn2c(=O)c3ncccc3n(C)c2=O)cc1OC. The summed E-state index contributed by atoms with van der Waals surface area (Å²) in [5, 5.41) is 0. The number of nitrogens with zero attached hydrogens (tertiary/aromatic N) is 3. The van der Waals surface area contributed by atoms with Gasteiger partial charge in [0.15, 0.2) is 17.0 Å². The van der Waals surface area contributed by atoms with E-state index in [0.29, 0.717) is 23.4 Å². The van der Waals surface area contributed by atoms with Crippen LogP contribution in [0.4, 0.5) is 0 Å². The third kappa shape index (κ3) is 3.00. The summed E-state index contributed by atoms with van der Waals surface area (Å²) in [5.41, 5.74) is 1.02. The van der Waals surface area contributed by atoms with Crippen LogP contribution in [0.1, 0.15) is 5.56 Å². The Morgan fingerprint density at radius 1 is 1.08 bits per heavy atom. The minimum atomic E-state index is -0.376. The van der Waals surface area contributed by atoms with E-state index in [2.05, 4.69) is 4.98 Å². The quantitative estimate of drug-likeness (QED) is 0.700. The summed E-state index contributed by atoms with van der Waals surface area (Å²) in [5.74, 6) is 1.25. The van der Waals surface area contributed by atoms with Crippen molar-refractivity contribution >= 4 is 11.0 Å². The normalized spacial score (nSPS) is 10.8. The predicted molar refractivity (Wildman–Crippen MR) is 94.5 cm³/mol. The Kier molecular flexibility index (Phi) is 4.56. The lowest BCUT2D eigenvalue weighted by atomic mass is 10.1. The van der Waals surface area contributed by atoms with Crippen LogP contribution in [0.15, 0.2) is 46.1 Å². The van der Waals surface area contributed by atoms with Crippen LogP contribution in [-0.4, -0.2) is 28.3 Å². The van der Waals surface area contributed by atoms with Gasteiger partial charge in [-0.3, -0.25) is 13.9 Å². The lowest BCUT2D eigenvalue weighted by Gasteiger charge is -2.12. The molecule has 0 aliphatic rings. The highest BCUT2D eigenvalue weighted by molar-refractivity contribution is 5.72. The average Bonchev–Trinajstić information content (AvgIpc) is 2.66. The molecule has 1 aromatic carbocycles. The van der Waals surface area contributed by atoms with Crippen LogP contribution in [0.3, 0.4) is 0 Å². The van der Waals surface area contributed by atoms with Crippen molar-refractivity contribution in [1.29, 1.82) is 0 Å². The van der Waals surface area contributed by atoms with Gasteiger partial charge in [-0.25, -0.2) is 9.78 Å². The molecule has 7 heteroatoms. The van der Waals surface area contributed by atoms with Crippen molar-refractivity contribution in [2.75, 3.05) is 14.2 Å². The highest BCUT2D eigenvalue weighted by Gasteiger charge is 2.12. The molecule has 0 unspecified atom stereocenters. The molecular weight excluding hydrogens is 322 g/mol. The predicted octanol–water partition coefficient (Wildman–Crippen LogP) is 1.36. The van der Waals surface area contributed by atoms with E-state index >= 15 is 0 Å². The summed E-state index contributed by atoms with van der Waals surface area (Å²) >= 11 is 0. The minimum absolute atomic E-state index is 0.257. The van der Waals surface area contributed by atoms with E-state index in [1.807, 2.05) is 12.1 Å². The third-order valence-corrected chi connectivity index (χ3v) is 4.19. The molecule has 25 heavy (non-hydrogen) atoms. The van der Waals surface area contributed by atoms with Crippen LogP contribution in [0.2, 0.25) is 0 Å². The van der Waals surface area contributed by atoms with E-state index in [1.165, 1.54) is 9.13 Å². The van der Waals surface area contributed by atoms with Gasteiger partial charge in [-0.1, -0.05) is 6.07 Å². The van der Waals surface area contributed by atoms with Crippen LogP contribution in [0, 0.1) is 0 Å². The summed E-state index contributed by atoms with van der Waals surface area (Å²) in [6.45, 7) is 0.257. The molecule has 7 nitrogen and oxygen atoms in total. The summed E-state index contributed by atoms with van der Waals surface area (Å²) in [6.07, 6.45) is 2.06. The van der Waals surface area contributed by atoms with Crippen molar-refractivity contribution in [1.82, 2.24) is 14.1 Å². The molecule has 0 saturated carbocycles. The largest absolute Gasteiger partial charge is 0.493 e. The summed E-state index contributed by atoms with van der Waals surface area (Å²) in [6, 6.07) is 8.94. The monoisotopic (exact) mass is 341 g/mol. The number of aromatic nitrogens is 3. The van der Waals surface area contributed by atoms with Crippen molar-refractivity contribution in [3.8, 4) is 11.5 Å². The van der Waals surface area contributed by atoms with Crippen molar-refractivity contribution < 1.29 is 9.47 Å².